The Morgan fingerprint density at radius 2 is 1.85 bits per heavy atom. The predicted octanol–water partition coefficient (Wildman–Crippen LogP) is 2.73. The van der Waals surface area contributed by atoms with Gasteiger partial charge in [0.15, 0.2) is 0 Å². The van der Waals surface area contributed by atoms with E-state index in [1.807, 2.05) is 24.5 Å². The molecule has 5 nitrogen and oxygen atoms in total. The maximum absolute atomic E-state index is 12.2. The fourth-order valence-electron chi connectivity index (χ4n) is 4.40. The second-order valence-corrected chi connectivity index (χ2v) is 7.37. The number of rotatable bonds is 4. The molecule has 2 aromatic rings. The Hall–Kier alpha value is -2.40. The molecule has 136 valence electrons. The van der Waals surface area contributed by atoms with Crippen LogP contribution in [-0.4, -0.2) is 41.5 Å². The molecule has 0 bridgehead atoms. The highest BCUT2D eigenvalue weighted by Gasteiger charge is 2.48. The van der Waals surface area contributed by atoms with Crippen molar-refractivity contribution in [3.05, 3.63) is 59.9 Å². The van der Waals surface area contributed by atoms with Crippen LogP contribution in [0.3, 0.4) is 0 Å². The maximum Gasteiger partial charge on any atom is 0.221 e. The van der Waals surface area contributed by atoms with Gasteiger partial charge in [-0.3, -0.25) is 14.7 Å². The summed E-state index contributed by atoms with van der Waals surface area (Å²) in [6.07, 6.45) is 6.21. The highest BCUT2D eigenvalue weighted by molar-refractivity contribution is 5.81. The molecular formula is C21H25N3O2. The molecule has 0 saturated carbocycles. The summed E-state index contributed by atoms with van der Waals surface area (Å²) in [4.78, 5) is 18.8. The van der Waals surface area contributed by atoms with Crippen molar-refractivity contribution in [1.82, 2.24) is 15.2 Å². The molecule has 2 aliphatic heterocycles. The maximum atomic E-state index is 12.2. The average Bonchev–Trinajstić information content (AvgIpc) is 3.01. The molecule has 1 aromatic carbocycles. The summed E-state index contributed by atoms with van der Waals surface area (Å²) < 4.78 is 5.23. The van der Waals surface area contributed by atoms with Crippen molar-refractivity contribution in [3.63, 3.8) is 0 Å². The molecule has 2 saturated heterocycles. The highest BCUT2D eigenvalue weighted by Crippen LogP contribution is 2.43. The first-order valence-electron chi connectivity index (χ1n) is 9.25. The van der Waals surface area contributed by atoms with Crippen molar-refractivity contribution in [2.45, 2.75) is 37.3 Å². The van der Waals surface area contributed by atoms with Gasteiger partial charge in [0.25, 0.3) is 0 Å². The quantitative estimate of drug-likeness (QED) is 0.920. The zero-order valence-electron chi connectivity index (χ0n) is 15.1. The molecule has 5 heteroatoms. The number of hydrogen-bond donors (Lipinski definition) is 1. The lowest BCUT2D eigenvalue weighted by atomic mass is 9.74. The third-order valence-electron chi connectivity index (χ3n) is 5.87. The molecule has 2 aliphatic rings. The van der Waals surface area contributed by atoms with Crippen LogP contribution in [0.2, 0.25) is 0 Å². The highest BCUT2D eigenvalue weighted by atomic mass is 16.5. The summed E-state index contributed by atoms with van der Waals surface area (Å²) in [6.45, 7) is 2.93. The molecule has 4 rings (SSSR count). The number of carbonyl (C=O) groups is 1. The Morgan fingerprint density at radius 1 is 1.15 bits per heavy atom. The van der Waals surface area contributed by atoms with Crippen LogP contribution >= 0.6 is 0 Å². The second kappa shape index (κ2) is 7.08. The number of carbonyl (C=O) groups excluding carboxylic acids is 1. The van der Waals surface area contributed by atoms with Gasteiger partial charge in [-0.1, -0.05) is 12.1 Å². The van der Waals surface area contributed by atoms with Crippen LogP contribution in [0, 0.1) is 0 Å². The fraction of sp³-hybridized carbons (Fsp3) is 0.429. The number of methoxy groups -OCH3 is 1. The second-order valence-electron chi connectivity index (χ2n) is 7.37. The molecule has 1 N–H and O–H groups in total. The number of pyridine rings is 1. The number of amides is 1. The molecular weight excluding hydrogens is 326 g/mol. The lowest BCUT2D eigenvalue weighted by Gasteiger charge is -2.43. The number of ether oxygens (including phenoxy) is 1. The van der Waals surface area contributed by atoms with E-state index in [1.54, 1.807) is 7.11 Å². The molecule has 1 amide bonds. The minimum atomic E-state index is -0.102. The van der Waals surface area contributed by atoms with Crippen LogP contribution in [0.4, 0.5) is 0 Å². The zero-order chi connectivity index (χ0) is 18.0. The van der Waals surface area contributed by atoms with Gasteiger partial charge < -0.3 is 10.1 Å². The largest absolute Gasteiger partial charge is 0.497 e. The molecule has 0 aliphatic carbocycles. The van der Waals surface area contributed by atoms with E-state index in [0.29, 0.717) is 6.42 Å². The topological polar surface area (TPSA) is 54.5 Å². The van der Waals surface area contributed by atoms with Gasteiger partial charge in [0.05, 0.1) is 7.11 Å². The van der Waals surface area contributed by atoms with E-state index in [0.717, 1.165) is 38.2 Å². The predicted molar refractivity (Wildman–Crippen MR) is 100.0 cm³/mol. The number of aromatic nitrogens is 1. The lowest BCUT2D eigenvalue weighted by molar-refractivity contribution is -0.120. The van der Waals surface area contributed by atoms with Gasteiger partial charge in [0, 0.05) is 49.9 Å². The first-order chi connectivity index (χ1) is 12.7. The first kappa shape index (κ1) is 17.0. The normalized spacial score (nSPS) is 22.3. The van der Waals surface area contributed by atoms with Gasteiger partial charge in [-0.15, -0.1) is 0 Å². The molecule has 1 spiro atoms. The molecule has 26 heavy (non-hydrogen) atoms. The van der Waals surface area contributed by atoms with Crippen molar-refractivity contribution >= 4 is 5.91 Å². The van der Waals surface area contributed by atoms with Crippen molar-refractivity contribution in [3.8, 4) is 5.75 Å². The third-order valence-corrected chi connectivity index (χ3v) is 5.87. The summed E-state index contributed by atoms with van der Waals surface area (Å²) in [5.74, 6) is 1.32. The standard InChI is InChI=1S/C21H25N3O2/c1-26-18-4-2-16(3-5-18)15-24-12-8-21(9-13-24)19(14-20(25)23-21)17-6-10-22-11-7-17/h2-7,10-11,19H,8-9,12-15H2,1H3,(H,23,25)/t19-/m1/s1. The third kappa shape index (κ3) is 3.31. The minimum absolute atomic E-state index is 0.102. The number of hydrogen-bond acceptors (Lipinski definition) is 4. The molecule has 0 radical (unpaired) electrons. The van der Waals surface area contributed by atoms with Gasteiger partial charge in [-0.2, -0.15) is 0 Å². The van der Waals surface area contributed by atoms with Crippen LogP contribution in [0.15, 0.2) is 48.8 Å². The fourth-order valence-corrected chi connectivity index (χ4v) is 4.40. The molecule has 3 heterocycles. The molecule has 1 aromatic heterocycles. The Bertz CT molecular complexity index is 753. The molecule has 0 unspecified atom stereocenters. The summed E-state index contributed by atoms with van der Waals surface area (Å²) >= 11 is 0. The van der Waals surface area contributed by atoms with Crippen LogP contribution in [0.5, 0.6) is 5.75 Å². The monoisotopic (exact) mass is 351 g/mol. The van der Waals surface area contributed by atoms with E-state index in [9.17, 15) is 4.79 Å². The molecule has 1 atom stereocenters. The van der Waals surface area contributed by atoms with Crippen LogP contribution < -0.4 is 10.1 Å². The van der Waals surface area contributed by atoms with E-state index in [4.69, 9.17) is 4.74 Å². The van der Waals surface area contributed by atoms with Crippen LogP contribution in [0.1, 0.15) is 36.3 Å². The Balaban J connectivity index is 1.43. The van der Waals surface area contributed by atoms with Crippen molar-refractivity contribution in [2.24, 2.45) is 0 Å². The van der Waals surface area contributed by atoms with Crippen LogP contribution in [0.25, 0.3) is 0 Å². The zero-order valence-corrected chi connectivity index (χ0v) is 15.1. The smallest absolute Gasteiger partial charge is 0.221 e. The first-order valence-corrected chi connectivity index (χ1v) is 9.25. The Labute approximate surface area is 154 Å². The van der Waals surface area contributed by atoms with Gasteiger partial charge in [-0.05, 0) is 48.2 Å². The van der Waals surface area contributed by atoms with Crippen LogP contribution in [-0.2, 0) is 11.3 Å². The van der Waals surface area contributed by atoms with Crippen molar-refractivity contribution < 1.29 is 9.53 Å². The average molecular weight is 351 g/mol. The summed E-state index contributed by atoms with van der Waals surface area (Å²) in [5.41, 5.74) is 2.42. The number of nitrogens with zero attached hydrogens (tertiary/aromatic N) is 2. The van der Waals surface area contributed by atoms with Gasteiger partial charge in [0.1, 0.15) is 5.75 Å². The summed E-state index contributed by atoms with van der Waals surface area (Å²) in [7, 11) is 1.69. The van der Waals surface area contributed by atoms with Gasteiger partial charge >= 0.3 is 0 Å². The number of benzene rings is 1. The van der Waals surface area contributed by atoms with E-state index < -0.39 is 0 Å². The number of likely N-dealkylation sites (tertiary alicyclic amines) is 1. The molecule has 2 fully saturated rings. The minimum Gasteiger partial charge on any atom is -0.497 e. The SMILES string of the molecule is COc1ccc(CN2CCC3(CC2)NC(=O)C[C@@H]3c2ccncc2)cc1. The summed E-state index contributed by atoms with van der Waals surface area (Å²) in [5, 5.41) is 3.31. The van der Waals surface area contributed by atoms with E-state index >= 15 is 0 Å². The lowest BCUT2D eigenvalue weighted by Crippen LogP contribution is -2.53. The van der Waals surface area contributed by atoms with E-state index in [2.05, 4.69) is 39.5 Å². The van der Waals surface area contributed by atoms with Gasteiger partial charge in [0.2, 0.25) is 5.91 Å². The van der Waals surface area contributed by atoms with Crippen molar-refractivity contribution in [1.29, 1.82) is 0 Å². The van der Waals surface area contributed by atoms with Crippen molar-refractivity contribution in [2.75, 3.05) is 20.2 Å². The van der Waals surface area contributed by atoms with E-state index in [-0.39, 0.29) is 17.4 Å². The Morgan fingerprint density at radius 3 is 2.50 bits per heavy atom. The van der Waals surface area contributed by atoms with Gasteiger partial charge in [-0.25, -0.2) is 0 Å². The number of nitrogens with one attached hydrogen (secondary N) is 1. The summed E-state index contributed by atoms with van der Waals surface area (Å²) in [6, 6.07) is 12.4. The Kier molecular flexibility index (Phi) is 4.64. The number of piperidine rings is 1. The van der Waals surface area contributed by atoms with E-state index in [1.165, 1.54) is 11.1 Å².